The van der Waals surface area contributed by atoms with Crippen molar-refractivity contribution in [2.45, 2.75) is 160 Å². The van der Waals surface area contributed by atoms with Crippen molar-refractivity contribution >= 4 is 26.4 Å². The molecule has 0 N–H and O–H groups in total. The van der Waals surface area contributed by atoms with Gasteiger partial charge in [-0.15, -0.1) is 20.6 Å². The van der Waals surface area contributed by atoms with Crippen LogP contribution in [0.3, 0.4) is 0 Å². The summed E-state index contributed by atoms with van der Waals surface area (Å²) in [4.78, 5) is 12.4. The van der Waals surface area contributed by atoms with Gasteiger partial charge in [-0.25, -0.2) is 0 Å². The van der Waals surface area contributed by atoms with Crippen LogP contribution < -0.4 is 0 Å². The zero-order valence-corrected chi connectivity index (χ0v) is 33.0. The van der Waals surface area contributed by atoms with Gasteiger partial charge in [-0.2, -0.15) is 0 Å². The Labute approximate surface area is 258 Å². The van der Waals surface area contributed by atoms with E-state index in [1.54, 1.807) is 0 Å². The van der Waals surface area contributed by atoms with E-state index in [4.69, 9.17) is 8.37 Å². The average Bonchev–Trinajstić information content (AvgIpc) is 2.81. The summed E-state index contributed by atoms with van der Waals surface area (Å²) in [5, 5.41) is 0. The van der Waals surface area contributed by atoms with Crippen molar-refractivity contribution in [2.75, 3.05) is 37.5 Å². The van der Waals surface area contributed by atoms with Crippen LogP contribution in [0, 0.1) is 22.7 Å². The van der Waals surface area contributed by atoms with E-state index in [1.807, 2.05) is 27.7 Å². The minimum atomic E-state index is -0.947. The molecule has 0 spiro atoms. The van der Waals surface area contributed by atoms with Gasteiger partial charge in [0, 0.05) is 12.3 Å². The standard InChI is InChI=1S/C23H46O2S.C8H20OS.2C2H6/c1-11-22(6,16-13-15-21(4,5)25-26(8,9)10)19(3)23(7)17-12-14-20(24)18(23)2;1-7-8(2,3)9-10(4,5)6;2*1-2/h18-19H,11-17H2,1-10H3;7H2,1-6H3;2*1-2H3/t18?,19-,22?,23?;;;/m1.../s1. The lowest BCUT2D eigenvalue weighted by atomic mass is 9.53. The molecule has 40 heavy (non-hydrogen) atoms. The van der Waals surface area contributed by atoms with E-state index in [0.717, 1.165) is 25.7 Å². The van der Waals surface area contributed by atoms with Gasteiger partial charge in [-0.05, 0) is 114 Å². The van der Waals surface area contributed by atoms with Gasteiger partial charge in [0.1, 0.15) is 5.78 Å². The predicted octanol–water partition coefficient (Wildman–Crippen LogP) is 11.9. The summed E-state index contributed by atoms with van der Waals surface area (Å²) in [6.07, 6.45) is 22.0. The monoisotopic (exact) mass is 611 g/mol. The highest BCUT2D eigenvalue weighted by Crippen LogP contribution is 2.54. The summed E-state index contributed by atoms with van der Waals surface area (Å²) in [6, 6.07) is 0. The van der Waals surface area contributed by atoms with E-state index in [2.05, 4.69) is 107 Å². The van der Waals surface area contributed by atoms with Crippen molar-refractivity contribution in [1.82, 2.24) is 0 Å². The molecule has 0 aliphatic heterocycles. The number of carbonyl (C=O) groups excluding carboxylic acids is 1. The average molecular weight is 611 g/mol. The first-order valence-corrected chi connectivity index (χ1v) is 21.8. The molecule has 0 aromatic rings. The maximum atomic E-state index is 12.4. The van der Waals surface area contributed by atoms with Crippen molar-refractivity contribution in [3.63, 3.8) is 0 Å². The predicted molar refractivity (Wildman–Crippen MR) is 192 cm³/mol. The Morgan fingerprint density at radius 1 is 0.825 bits per heavy atom. The molecule has 4 atom stereocenters. The fourth-order valence-electron chi connectivity index (χ4n) is 5.90. The highest BCUT2D eigenvalue weighted by Gasteiger charge is 2.48. The summed E-state index contributed by atoms with van der Waals surface area (Å²) in [6.45, 7) is 30.7. The number of carbonyl (C=O) groups is 1. The lowest BCUT2D eigenvalue weighted by Gasteiger charge is -2.51. The van der Waals surface area contributed by atoms with Crippen molar-refractivity contribution in [3.05, 3.63) is 0 Å². The van der Waals surface area contributed by atoms with Crippen molar-refractivity contribution in [2.24, 2.45) is 22.7 Å². The van der Waals surface area contributed by atoms with Gasteiger partial charge >= 0.3 is 0 Å². The highest BCUT2D eigenvalue weighted by molar-refractivity contribution is 8.28. The Bertz CT molecular complexity index is 675. The molecule has 1 fully saturated rings. The van der Waals surface area contributed by atoms with Crippen LogP contribution in [0.4, 0.5) is 0 Å². The zero-order chi connectivity index (χ0) is 32.8. The van der Waals surface area contributed by atoms with Gasteiger partial charge in [-0.3, -0.25) is 4.79 Å². The molecular weight excluding hydrogens is 533 g/mol. The van der Waals surface area contributed by atoms with Crippen molar-refractivity contribution in [3.8, 4) is 0 Å². The van der Waals surface area contributed by atoms with E-state index < -0.39 is 20.6 Å². The molecule has 248 valence electrons. The second-order valence-corrected chi connectivity index (χ2v) is 21.9. The minimum absolute atomic E-state index is 0.0521. The van der Waals surface area contributed by atoms with Gasteiger partial charge < -0.3 is 8.37 Å². The van der Waals surface area contributed by atoms with Crippen molar-refractivity contribution < 1.29 is 13.2 Å². The second kappa shape index (κ2) is 18.8. The number of Topliss-reactive ketones (excluding diaryl/α,β-unsaturated/α-hetero) is 1. The van der Waals surface area contributed by atoms with Crippen LogP contribution in [-0.2, 0) is 13.2 Å². The first kappa shape index (κ1) is 44.7. The first-order valence-electron chi connectivity index (χ1n) is 16.2. The molecule has 0 aromatic heterocycles. The molecule has 0 radical (unpaired) electrons. The zero-order valence-electron chi connectivity index (χ0n) is 31.4. The lowest BCUT2D eigenvalue weighted by Crippen LogP contribution is -2.46. The molecule has 1 aliphatic carbocycles. The summed E-state index contributed by atoms with van der Waals surface area (Å²) >= 11 is 0. The fraction of sp³-hybridized carbons (Fsp3) is 0.971. The Morgan fingerprint density at radius 2 is 1.25 bits per heavy atom. The van der Waals surface area contributed by atoms with Gasteiger partial charge in [0.25, 0.3) is 0 Å². The van der Waals surface area contributed by atoms with Crippen LogP contribution in [0.2, 0.25) is 0 Å². The lowest BCUT2D eigenvalue weighted by molar-refractivity contribution is -0.134. The van der Waals surface area contributed by atoms with Crippen molar-refractivity contribution in [1.29, 1.82) is 0 Å². The number of rotatable bonds is 12. The Kier molecular flexibility index (Phi) is 21.1. The van der Waals surface area contributed by atoms with E-state index in [-0.39, 0.29) is 27.9 Å². The molecule has 1 rings (SSSR count). The third-order valence-electron chi connectivity index (χ3n) is 8.78. The smallest absolute Gasteiger partial charge is 0.136 e. The molecule has 1 saturated carbocycles. The highest BCUT2D eigenvalue weighted by atomic mass is 32.3. The van der Waals surface area contributed by atoms with Crippen LogP contribution in [0.5, 0.6) is 0 Å². The molecule has 0 amide bonds. The normalized spacial score (nSPS) is 23.2. The molecule has 0 saturated heterocycles. The third kappa shape index (κ3) is 17.4. The molecule has 5 heteroatoms. The van der Waals surface area contributed by atoms with Gasteiger partial charge in [0.05, 0.1) is 11.2 Å². The quantitative estimate of drug-likeness (QED) is 0.220. The third-order valence-corrected chi connectivity index (χ3v) is 10.7. The molecule has 0 bridgehead atoms. The van der Waals surface area contributed by atoms with Crippen LogP contribution in [0.25, 0.3) is 0 Å². The summed E-state index contributed by atoms with van der Waals surface area (Å²) in [5.41, 5.74) is 0.435. The van der Waals surface area contributed by atoms with Gasteiger partial charge in [0.2, 0.25) is 0 Å². The van der Waals surface area contributed by atoms with Crippen LogP contribution in [0.1, 0.15) is 148 Å². The Hall–Kier alpha value is 0.290. The topological polar surface area (TPSA) is 35.5 Å². The maximum absolute atomic E-state index is 12.4. The molecule has 3 nitrogen and oxygen atoms in total. The number of ketones is 1. The molecule has 1 aliphatic rings. The van der Waals surface area contributed by atoms with E-state index in [1.165, 1.54) is 25.7 Å². The summed E-state index contributed by atoms with van der Waals surface area (Å²) < 4.78 is 12.2. The molecule has 3 unspecified atom stereocenters. The Morgan fingerprint density at radius 3 is 1.60 bits per heavy atom. The molecule has 0 aromatic carbocycles. The van der Waals surface area contributed by atoms with E-state index in [0.29, 0.717) is 11.7 Å². The van der Waals surface area contributed by atoms with E-state index >= 15 is 0 Å². The van der Waals surface area contributed by atoms with Crippen LogP contribution in [0.15, 0.2) is 0 Å². The molecular formula is C35H78O3S2. The number of hydrogen-bond acceptors (Lipinski definition) is 3. The summed E-state index contributed by atoms with van der Waals surface area (Å²) in [5.74, 6) is 1.23. The first-order chi connectivity index (χ1) is 17.9. The molecule has 0 heterocycles. The van der Waals surface area contributed by atoms with E-state index in [9.17, 15) is 4.79 Å². The maximum Gasteiger partial charge on any atom is 0.136 e. The minimum Gasteiger partial charge on any atom is -0.332 e. The largest absolute Gasteiger partial charge is 0.332 e. The summed E-state index contributed by atoms with van der Waals surface area (Å²) in [7, 11) is -1.74. The van der Waals surface area contributed by atoms with Crippen LogP contribution in [-0.4, -0.2) is 54.5 Å². The Balaban J connectivity index is -0.000000818. The SMILES string of the molecule is CC.CC.CCC(C)(C)OS(C)(C)C.CCC(C)(CCCC(C)(C)OS(C)(C)C)[C@@H](C)C1(C)CCCC(=O)C1C. The fourth-order valence-corrected chi connectivity index (χ4v) is 8.81. The van der Waals surface area contributed by atoms with Crippen LogP contribution >= 0.6 is 20.6 Å². The second-order valence-electron chi connectivity index (χ2n) is 14.6. The number of hydrogen-bond donors (Lipinski definition) is 0. The van der Waals surface area contributed by atoms with Gasteiger partial charge in [-0.1, -0.05) is 82.1 Å². The van der Waals surface area contributed by atoms with Gasteiger partial charge in [0.15, 0.2) is 0 Å².